The third-order valence-electron chi connectivity index (χ3n) is 3.72. The second kappa shape index (κ2) is 7.61. The number of aliphatic hydroxyl groups is 1. The summed E-state index contributed by atoms with van der Waals surface area (Å²) in [6.45, 7) is 2.23. The number of anilines is 1. The van der Waals surface area contributed by atoms with Crippen LogP contribution in [0.15, 0.2) is 24.3 Å². The zero-order valence-corrected chi connectivity index (χ0v) is 12.6. The molecule has 3 atom stereocenters. The fourth-order valence-electron chi connectivity index (χ4n) is 2.57. The number of rotatable bonds is 7. The highest BCUT2D eigenvalue weighted by atomic mass is 16.5. The molecule has 1 aliphatic rings. The van der Waals surface area contributed by atoms with E-state index in [0.717, 1.165) is 13.1 Å². The predicted molar refractivity (Wildman–Crippen MR) is 80.4 cm³/mol. The summed E-state index contributed by atoms with van der Waals surface area (Å²) in [5, 5.41) is 10.1. The first-order valence-corrected chi connectivity index (χ1v) is 7.07. The summed E-state index contributed by atoms with van der Waals surface area (Å²) >= 11 is 0. The van der Waals surface area contributed by atoms with E-state index >= 15 is 0 Å². The Morgan fingerprint density at radius 3 is 2.43 bits per heavy atom. The maximum atomic E-state index is 10.1. The van der Waals surface area contributed by atoms with Crippen molar-refractivity contribution in [3.63, 3.8) is 0 Å². The number of ether oxygens (including phenoxy) is 3. The molecule has 0 radical (unpaired) electrons. The Balaban J connectivity index is 1.77. The fourth-order valence-corrected chi connectivity index (χ4v) is 2.57. The van der Waals surface area contributed by atoms with Crippen LogP contribution in [0.2, 0.25) is 0 Å². The van der Waals surface area contributed by atoms with Crippen LogP contribution in [0.1, 0.15) is 0 Å². The molecular weight excluding hydrogens is 272 g/mol. The van der Waals surface area contributed by atoms with E-state index in [0.29, 0.717) is 18.0 Å². The number of likely N-dealkylation sites (tertiary alicyclic amines) is 1. The summed E-state index contributed by atoms with van der Waals surface area (Å²) in [5.41, 5.74) is 6.37. The molecule has 118 valence electrons. The maximum Gasteiger partial charge on any atom is 0.142 e. The Kier molecular flexibility index (Phi) is 5.81. The Labute approximate surface area is 125 Å². The summed E-state index contributed by atoms with van der Waals surface area (Å²) in [4.78, 5) is 2.12. The number of nitrogen functional groups attached to an aromatic ring is 1. The zero-order chi connectivity index (χ0) is 15.2. The van der Waals surface area contributed by atoms with Gasteiger partial charge >= 0.3 is 0 Å². The molecular formula is C15H24N2O4. The van der Waals surface area contributed by atoms with Gasteiger partial charge in [-0.15, -0.1) is 0 Å². The largest absolute Gasteiger partial charge is 0.489 e. The van der Waals surface area contributed by atoms with Gasteiger partial charge in [0.2, 0.25) is 0 Å². The minimum Gasteiger partial charge on any atom is -0.489 e. The van der Waals surface area contributed by atoms with E-state index in [-0.39, 0.29) is 18.8 Å². The first-order valence-electron chi connectivity index (χ1n) is 7.07. The summed E-state index contributed by atoms with van der Waals surface area (Å²) in [6, 6.07) is 7.26. The van der Waals surface area contributed by atoms with Crippen LogP contribution in [0.5, 0.6) is 5.75 Å². The number of aliphatic hydroxyl groups excluding tert-OH is 1. The molecule has 6 nitrogen and oxygen atoms in total. The van der Waals surface area contributed by atoms with E-state index in [4.69, 9.17) is 19.9 Å². The van der Waals surface area contributed by atoms with Crippen molar-refractivity contribution in [1.29, 1.82) is 0 Å². The lowest BCUT2D eigenvalue weighted by Gasteiger charge is -2.20. The lowest BCUT2D eigenvalue weighted by atomic mass is 10.3. The SMILES string of the molecule is COC1CN(CC(O)COc2ccccc2N)CC1OC. The van der Waals surface area contributed by atoms with Gasteiger partial charge in [0.05, 0.1) is 17.9 Å². The quantitative estimate of drug-likeness (QED) is 0.707. The number of methoxy groups -OCH3 is 2. The second-order valence-electron chi connectivity index (χ2n) is 5.27. The smallest absolute Gasteiger partial charge is 0.142 e. The van der Waals surface area contributed by atoms with Gasteiger partial charge in [-0.05, 0) is 12.1 Å². The molecule has 0 aliphatic carbocycles. The molecule has 1 aliphatic heterocycles. The average Bonchev–Trinajstić information content (AvgIpc) is 2.88. The van der Waals surface area contributed by atoms with Crippen LogP contribution in [-0.4, -0.2) is 68.8 Å². The van der Waals surface area contributed by atoms with Crippen molar-refractivity contribution in [3.05, 3.63) is 24.3 Å². The maximum absolute atomic E-state index is 10.1. The lowest BCUT2D eigenvalue weighted by Crippen LogP contribution is -2.35. The van der Waals surface area contributed by atoms with Gasteiger partial charge in [-0.25, -0.2) is 0 Å². The first-order chi connectivity index (χ1) is 10.1. The molecule has 0 amide bonds. The van der Waals surface area contributed by atoms with Crippen molar-refractivity contribution in [3.8, 4) is 5.75 Å². The molecule has 0 spiro atoms. The van der Waals surface area contributed by atoms with Crippen molar-refractivity contribution >= 4 is 5.69 Å². The third-order valence-corrected chi connectivity index (χ3v) is 3.72. The molecule has 3 N–H and O–H groups in total. The molecule has 3 unspecified atom stereocenters. The lowest BCUT2D eigenvalue weighted by molar-refractivity contribution is -0.00461. The Bertz CT molecular complexity index is 431. The van der Waals surface area contributed by atoms with Crippen molar-refractivity contribution in [1.82, 2.24) is 4.90 Å². The number of hydrogen-bond donors (Lipinski definition) is 2. The van der Waals surface area contributed by atoms with Gasteiger partial charge in [-0.2, -0.15) is 0 Å². The minimum absolute atomic E-state index is 0.0490. The number of nitrogens with two attached hydrogens (primary N) is 1. The van der Waals surface area contributed by atoms with Gasteiger partial charge in [-0.1, -0.05) is 12.1 Å². The molecule has 1 heterocycles. The Morgan fingerprint density at radius 1 is 1.24 bits per heavy atom. The van der Waals surface area contributed by atoms with Crippen LogP contribution in [0.25, 0.3) is 0 Å². The summed E-state index contributed by atoms with van der Waals surface area (Å²) in [7, 11) is 3.36. The van der Waals surface area contributed by atoms with E-state index in [1.807, 2.05) is 12.1 Å². The van der Waals surface area contributed by atoms with Gasteiger partial charge in [0.25, 0.3) is 0 Å². The number of para-hydroxylation sites is 2. The van der Waals surface area contributed by atoms with Crippen LogP contribution in [0, 0.1) is 0 Å². The summed E-state index contributed by atoms with van der Waals surface area (Å²) in [5.74, 6) is 0.600. The number of nitrogens with zero attached hydrogens (tertiary/aromatic N) is 1. The molecule has 1 saturated heterocycles. The highest BCUT2D eigenvalue weighted by Gasteiger charge is 2.33. The fraction of sp³-hybridized carbons (Fsp3) is 0.600. The normalized spacial score (nSPS) is 24.1. The van der Waals surface area contributed by atoms with Gasteiger partial charge in [0.15, 0.2) is 0 Å². The minimum atomic E-state index is -0.585. The van der Waals surface area contributed by atoms with E-state index in [1.54, 1.807) is 26.4 Å². The highest BCUT2D eigenvalue weighted by molar-refractivity contribution is 5.51. The number of β-amino-alcohol motifs (C(OH)–C–C–N with tert-alkyl or cyclic N) is 1. The molecule has 1 aromatic rings. The number of benzene rings is 1. The predicted octanol–water partition coefficient (Wildman–Crippen LogP) is 0.354. The van der Waals surface area contributed by atoms with E-state index in [1.165, 1.54) is 0 Å². The Morgan fingerprint density at radius 2 is 1.86 bits per heavy atom. The van der Waals surface area contributed by atoms with Crippen LogP contribution in [-0.2, 0) is 9.47 Å². The van der Waals surface area contributed by atoms with E-state index < -0.39 is 6.10 Å². The monoisotopic (exact) mass is 296 g/mol. The standard InChI is InChI=1S/C15H24N2O4/c1-19-14-8-17(9-15(14)20-2)7-11(18)10-21-13-6-4-3-5-12(13)16/h3-6,11,14-15,18H,7-10,16H2,1-2H3. The second-order valence-corrected chi connectivity index (χ2v) is 5.27. The van der Waals surface area contributed by atoms with Gasteiger partial charge in [0.1, 0.15) is 18.5 Å². The molecule has 2 rings (SSSR count). The Hall–Kier alpha value is -1.34. The van der Waals surface area contributed by atoms with Gasteiger partial charge < -0.3 is 25.1 Å². The zero-order valence-electron chi connectivity index (χ0n) is 12.6. The van der Waals surface area contributed by atoms with Crippen molar-refractivity contribution in [2.45, 2.75) is 18.3 Å². The molecule has 21 heavy (non-hydrogen) atoms. The van der Waals surface area contributed by atoms with Crippen molar-refractivity contribution < 1.29 is 19.3 Å². The summed E-state index contributed by atoms with van der Waals surface area (Å²) < 4.78 is 16.3. The molecule has 1 aromatic carbocycles. The van der Waals surface area contributed by atoms with Crippen LogP contribution < -0.4 is 10.5 Å². The van der Waals surface area contributed by atoms with Crippen molar-refractivity contribution in [2.75, 3.05) is 46.2 Å². The first kappa shape index (κ1) is 16.0. The van der Waals surface area contributed by atoms with Crippen LogP contribution in [0.3, 0.4) is 0 Å². The van der Waals surface area contributed by atoms with E-state index in [9.17, 15) is 5.11 Å². The van der Waals surface area contributed by atoms with E-state index in [2.05, 4.69) is 4.90 Å². The average molecular weight is 296 g/mol. The molecule has 0 saturated carbocycles. The third kappa shape index (κ3) is 4.31. The highest BCUT2D eigenvalue weighted by Crippen LogP contribution is 2.20. The van der Waals surface area contributed by atoms with Gasteiger partial charge in [0, 0.05) is 33.9 Å². The summed E-state index contributed by atoms with van der Waals surface area (Å²) in [6.07, 6.45) is -0.488. The molecule has 0 bridgehead atoms. The van der Waals surface area contributed by atoms with Gasteiger partial charge in [-0.3, -0.25) is 4.90 Å². The van der Waals surface area contributed by atoms with Crippen molar-refractivity contribution in [2.24, 2.45) is 0 Å². The molecule has 1 fully saturated rings. The molecule has 6 heteroatoms. The molecule has 0 aromatic heterocycles. The van der Waals surface area contributed by atoms with Crippen LogP contribution in [0.4, 0.5) is 5.69 Å². The topological polar surface area (TPSA) is 77.2 Å². The van der Waals surface area contributed by atoms with Crippen LogP contribution >= 0.6 is 0 Å². The number of hydrogen-bond acceptors (Lipinski definition) is 6.